The number of allylic oxidation sites excluding steroid dienone is 2. The summed E-state index contributed by atoms with van der Waals surface area (Å²) in [5.74, 6) is -0.984. The third-order valence-electron chi connectivity index (χ3n) is 3.41. The molecule has 2 N–H and O–H groups in total. The second kappa shape index (κ2) is 13.4. The van der Waals surface area contributed by atoms with Crippen LogP contribution in [0, 0.1) is 5.92 Å². The van der Waals surface area contributed by atoms with Gasteiger partial charge in [-0.1, -0.05) is 51.7 Å². The molecule has 0 aromatic carbocycles. The van der Waals surface area contributed by atoms with Crippen molar-refractivity contribution in [2.75, 3.05) is 0 Å². The van der Waals surface area contributed by atoms with Crippen LogP contribution in [0.5, 0.6) is 0 Å². The van der Waals surface area contributed by atoms with Gasteiger partial charge in [0.1, 0.15) is 0 Å². The summed E-state index contributed by atoms with van der Waals surface area (Å²) in [5.41, 5.74) is 0.861. The van der Waals surface area contributed by atoms with Crippen molar-refractivity contribution in [2.45, 2.75) is 66.7 Å². The van der Waals surface area contributed by atoms with Crippen LogP contribution in [0.4, 0.5) is 0 Å². The van der Waals surface area contributed by atoms with Crippen LogP contribution >= 0.6 is 0 Å². The molecule has 0 aromatic rings. The number of unbranched alkanes of at least 4 members (excludes halogenated alkanes) is 1. The van der Waals surface area contributed by atoms with E-state index in [0.29, 0.717) is 17.1 Å². The van der Waals surface area contributed by atoms with E-state index in [1.54, 1.807) is 26.8 Å². The zero-order chi connectivity index (χ0) is 16.8. The van der Waals surface area contributed by atoms with E-state index in [1.165, 1.54) is 19.3 Å². The molecule has 4 heteroatoms. The Balaban J connectivity index is 0. The van der Waals surface area contributed by atoms with Gasteiger partial charge < -0.3 is 10.2 Å². The number of hydrogen-bond acceptors (Lipinski definition) is 2. The molecule has 1 unspecified atom stereocenters. The number of aliphatic carboxylic acids is 2. The van der Waals surface area contributed by atoms with Crippen LogP contribution in [0.1, 0.15) is 66.7 Å². The van der Waals surface area contributed by atoms with Crippen molar-refractivity contribution in [1.82, 2.24) is 0 Å². The van der Waals surface area contributed by atoms with E-state index in [4.69, 9.17) is 10.2 Å². The van der Waals surface area contributed by atoms with Gasteiger partial charge in [-0.05, 0) is 33.1 Å². The number of carbonyl (C=O) groups is 2. The quantitative estimate of drug-likeness (QED) is 0.639. The maximum absolute atomic E-state index is 10.5. The molecule has 0 amide bonds. The molecule has 0 fully saturated rings. The third-order valence-corrected chi connectivity index (χ3v) is 3.41. The van der Waals surface area contributed by atoms with Crippen molar-refractivity contribution in [3.63, 3.8) is 0 Å². The fourth-order valence-corrected chi connectivity index (χ4v) is 1.54. The van der Waals surface area contributed by atoms with Gasteiger partial charge in [-0.2, -0.15) is 0 Å². The summed E-state index contributed by atoms with van der Waals surface area (Å²) >= 11 is 0. The first-order valence-electron chi connectivity index (χ1n) is 7.56. The van der Waals surface area contributed by atoms with E-state index in [9.17, 15) is 9.59 Å². The summed E-state index contributed by atoms with van der Waals surface area (Å²) in [7, 11) is 0. The Labute approximate surface area is 128 Å². The lowest BCUT2D eigenvalue weighted by Crippen LogP contribution is -2.00. The highest BCUT2D eigenvalue weighted by Crippen LogP contribution is 2.17. The molecule has 0 saturated carbocycles. The highest BCUT2D eigenvalue weighted by Gasteiger charge is 2.05. The van der Waals surface area contributed by atoms with Crippen molar-refractivity contribution in [3.8, 4) is 0 Å². The topological polar surface area (TPSA) is 74.6 Å². The minimum absolute atomic E-state index is 0.389. The van der Waals surface area contributed by atoms with Crippen LogP contribution in [0.2, 0.25) is 0 Å². The SMILES string of the molecule is CC=C(C)C(=O)O.CCCCC(CC)CC=C(C)C(=O)O. The number of hydrogen-bond donors (Lipinski definition) is 2. The second-order valence-electron chi connectivity index (χ2n) is 5.12. The molecule has 0 bridgehead atoms. The molecule has 1 atom stereocenters. The summed E-state index contributed by atoms with van der Waals surface area (Å²) in [6, 6.07) is 0. The van der Waals surface area contributed by atoms with Crippen LogP contribution in [-0.4, -0.2) is 22.2 Å². The van der Waals surface area contributed by atoms with Gasteiger partial charge in [-0.3, -0.25) is 0 Å². The third kappa shape index (κ3) is 13.2. The first-order valence-corrected chi connectivity index (χ1v) is 7.56. The molecular formula is C17H30O4. The first kappa shape index (κ1) is 21.7. The van der Waals surface area contributed by atoms with E-state index >= 15 is 0 Å². The smallest absolute Gasteiger partial charge is 0.330 e. The van der Waals surface area contributed by atoms with Crippen LogP contribution in [0.3, 0.4) is 0 Å². The molecular weight excluding hydrogens is 268 g/mol. The summed E-state index contributed by atoms with van der Waals surface area (Å²) in [4.78, 5) is 20.4. The van der Waals surface area contributed by atoms with Crippen molar-refractivity contribution >= 4 is 11.9 Å². The van der Waals surface area contributed by atoms with E-state index in [2.05, 4.69) is 13.8 Å². The zero-order valence-corrected chi connectivity index (χ0v) is 14.0. The van der Waals surface area contributed by atoms with E-state index in [1.807, 2.05) is 6.08 Å². The number of carboxylic acid groups (broad SMARTS) is 2. The molecule has 0 aliphatic heterocycles. The van der Waals surface area contributed by atoms with Crippen molar-refractivity contribution in [3.05, 3.63) is 23.3 Å². The van der Waals surface area contributed by atoms with Crippen LogP contribution in [-0.2, 0) is 9.59 Å². The Morgan fingerprint density at radius 3 is 1.86 bits per heavy atom. The van der Waals surface area contributed by atoms with E-state index in [0.717, 1.165) is 12.8 Å². The zero-order valence-electron chi connectivity index (χ0n) is 14.0. The molecule has 0 aliphatic rings. The Kier molecular flexibility index (Phi) is 13.9. The minimum Gasteiger partial charge on any atom is -0.478 e. The van der Waals surface area contributed by atoms with E-state index in [-0.39, 0.29) is 0 Å². The minimum atomic E-state index is -0.845. The Morgan fingerprint density at radius 1 is 1.05 bits per heavy atom. The van der Waals surface area contributed by atoms with Crippen LogP contribution < -0.4 is 0 Å². The lowest BCUT2D eigenvalue weighted by Gasteiger charge is -2.11. The van der Waals surface area contributed by atoms with Crippen LogP contribution in [0.25, 0.3) is 0 Å². The summed E-state index contributed by atoms with van der Waals surface area (Å²) in [6.07, 6.45) is 9.15. The standard InChI is InChI=1S/C12H22O2.C5H8O2/c1-4-6-7-11(5-2)9-8-10(3)12(13)14;1-3-4(2)5(6)7/h8,11H,4-7,9H2,1-3H3,(H,13,14);3H,1-2H3,(H,6,7). The van der Waals surface area contributed by atoms with Gasteiger partial charge in [0.25, 0.3) is 0 Å². The normalized spacial score (nSPS) is 13.2. The van der Waals surface area contributed by atoms with E-state index < -0.39 is 11.9 Å². The Hall–Kier alpha value is -1.58. The largest absolute Gasteiger partial charge is 0.478 e. The molecule has 0 radical (unpaired) electrons. The average molecular weight is 298 g/mol. The monoisotopic (exact) mass is 298 g/mol. The fourth-order valence-electron chi connectivity index (χ4n) is 1.54. The molecule has 4 nitrogen and oxygen atoms in total. The Bertz CT molecular complexity index is 367. The van der Waals surface area contributed by atoms with Gasteiger partial charge in [0.2, 0.25) is 0 Å². The number of rotatable bonds is 8. The van der Waals surface area contributed by atoms with Gasteiger partial charge in [0.15, 0.2) is 0 Å². The van der Waals surface area contributed by atoms with Crippen molar-refractivity contribution in [2.24, 2.45) is 5.92 Å². The highest BCUT2D eigenvalue weighted by molar-refractivity contribution is 5.86. The average Bonchev–Trinajstić information content (AvgIpc) is 2.46. The van der Waals surface area contributed by atoms with Gasteiger partial charge in [0.05, 0.1) is 0 Å². The van der Waals surface area contributed by atoms with Crippen molar-refractivity contribution in [1.29, 1.82) is 0 Å². The molecule has 0 heterocycles. The van der Waals surface area contributed by atoms with Crippen molar-refractivity contribution < 1.29 is 19.8 Å². The predicted molar refractivity (Wildman–Crippen MR) is 86.4 cm³/mol. The second-order valence-corrected chi connectivity index (χ2v) is 5.12. The highest BCUT2D eigenvalue weighted by atomic mass is 16.4. The van der Waals surface area contributed by atoms with Crippen LogP contribution in [0.15, 0.2) is 23.3 Å². The van der Waals surface area contributed by atoms with Gasteiger partial charge >= 0.3 is 11.9 Å². The maximum Gasteiger partial charge on any atom is 0.330 e. The molecule has 0 aliphatic carbocycles. The predicted octanol–water partition coefficient (Wildman–Crippen LogP) is 4.66. The first-order chi connectivity index (χ1) is 9.79. The molecule has 0 saturated heterocycles. The fraction of sp³-hybridized carbons (Fsp3) is 0.647. The maximum atomic E-state index is 10.5. The number of carboxylic acids is 2. The molecule has 0 spiro atoms. The molecule has 0 aromatic heterocycles. The lowest BCUT2D eigenvalue weighted by atomic mass is 9.95. The van der Waals surface area contributed by atoms with Gasteiger partial charge in [-0.15, -0.1) is 0 Å². The molecule has 122 valence electrons. The summed E-state index contributed by atoms with van der Waals surface area (Å²) in [5, 5.41) is 16.8. The van der Waals surface area contributed by atoms with Gasteiger partial charge in [0, 0.05) is 11.1 Å². The van der Waals surface area contributed by atoms with Gasteiger partial charge in [-0.25, -0.2) is 9.59 Å². The lowest BCUT2D eigenvalue weighted by molar-refractivity contribution is -0.133. The molecule has 0 rings (SSSR count). The Morgan fingerprint density at radius 2 is 1.57 bits per heavy atom. The summed E-state index contributed by atoms with van der Waals surface area (Å²) < 4.78 is 0. The summed E-state index contributed by atoms with van der Waals surface area (Å²) in [6.45, 7) is 9.27. The molecule has 21 heavy (non-hydrogen) atoms.